The van der Waals surface area contributed by atoms with Crippen LogP contribution in [0.1, 0.15) is 430 Å². The molecule has 0 radical (unpaired) electrons. The third-order valence-corrected chi connectivity index (χ3v) is 30.6. The van der Waals surface area contributed by atoms with Crippen LogP contribution in [0.15, 0.2) is 0 Å². The smallest absolute Gasteiger partial charge is 0.0409 e. The molecule has 0 nitrogen and oxygen atoms in total. The van der Waals surface area contributed by atoms with Crippen molar-refractivity contribution in [2.24, 2.45) is 118 Å². The lowest BCUT2D eigenvalue weighted by Crippen LogP contribution is -2.28. The average molecular weight is 1200 g/mol. The van der Waals surface area contributed by atoms with Crippen molar-refractivity contribution in [3.63, 3.8) is 0 Å². The van der Waals surface area contributed by atoms with Gasteiger partial charge in [0.05, 0.1) is 0 Å². The lowest BCUT2D eigenvalue weighted by Gasteiger charge is -2.40. The van der Waals surface area contributed by atoms with Crippen LogP contribution in [-0.2, 0) is 0 Å². The minimum atomic E-state index is 1.13. The molecule has 8 unspecified atom stereocenters. The molecule has 87 heavy (non-hydrogen) atoms. The molecule has 23 saturated carbocycles. The van der Waals surface area contributed by atoms with Crippen LogP contribution in [0, 0.1) is 118 Å². The maximum absolute atomic E-state index is 1.58. The van der Waals surface area contributed by atoms with E-state index in [0.29, 0.717) is 0 Å². The first-order valence-corrected chi connectivity index (χ1v) is 43.0. The lowest BCUT2D eigenvalue weighted by atomic mass is 9.65. The first-order chi connectivity index (χ1) is 43.0. The first kappa shape index (κ1) is 68.4. The normalized spacial score (nSPS) is 43.3. The molecule has 0 aromatic rings. The van der Waals surface area contributed by atoms with E-state index in [4.69, 9.17) is 0 Å². The van der Waals surface area contributed by atoms with Crippen molar-refractivity contribution in [2.75, 3.05) is 0 Å². The summed E-state index contributed by atoms with van der Waals surface area (Å²) in [4.78, 5) is 0. The number of hydrogen-bond donors (Lipinski definition) is 0. The highest BCUT2D eigenvalue weighted by molar-refractivity contribution is 4.87. The van der Waals surface area contributed by atoms with Gasteiger partial charge in [0.25, 0.3) is 0 Å². The van der Waals surface area contributed by atoms with E-state index < -0.39 is 0 Å². The van der Waals surface area contributed by atoms with Crippen LogP contribution >= 0.6 is 0 Å². The highest BCUT2D eigenvalue weighted by Crippen LogP contribution is 2.48. The number of rotatable bonds is 0. The molecule has 0 saturated heterocycles. The van der Waals surface area contributed by atoms with Crippen molar-refractivity contribution in [1.82, 2.24) is 0 Å². The van der Waals surface area contributed by atoms with E-state index in [0.717, 1.165) is 94.7 Å². The Kier molecular flexibility index (Phi) is 30.3. The van der Waals surface area contributed by atoms with E-state index in [1.54, 1.807) is 334 Å². The molecule has 502 valence electrons. The summed E-state index contributed by atoms with van der Waals surface area (Å²) in [5.74, 6) is 23.0. The van der Waals surface area contributed by atoms with Gasteiger partial charge in [-0.3, -0.25) is 0 Å². The summed E-state index contributed by atoms with van der Waals surface area (Å²) >= 11 is 0. The van der Waals surface area contributed by atoms with Gasteiger partial charge in [-0.1, -0.05) is 379 Å². The minimum Gasteiger partial charge on any atom is -0.0530 e. The molecule has 0 heteroatoms. The summed E-state index contributed by atoms with van der Waals surface area (Å²) < 4.78 is 0. The quantitative estimate of drug-likeness (QED) is 0.227. The van der Waals surface area contributed by atoms with E-state index >= 15 is 0 Å². The SMILES string of the molecule is C1CC2CC(C1)C2.C1CC2CCC(C1)C2.C1CC2CCC1C2.C1CC2CCC1CC2.C1CC2CCCC(C1)C2.C1CC2CCCC(C1)CC2.C1CCC2CCC(C1)C2.C1CCC2CCC(C1)C2.C1CCC2CCC(C1)CC2.C1CCC2CCCC(C1)C2. The molecule has 23 aliphatic rings. The molecular weight excluding hydrogens is 1040 g/mol. The van der Waals surface area contributed by atoms with Gasteiger partial charge >= 0.3 is 0 Å². The van der Waals surface area contributed by atoms with E-state index in [1.165, 1.54) is 120 Å². The Morgan fingerprint density at radius 1 is 0.0690 bits per heavy atom. The fourth-order valence-corrected chi connectivity index (χ4v) is 24.8. The highest BCUT2D eigenvalue weighted by atomic mass is 14.4. The van der Waals surface area contributed by atoms with E-state index in [-0.39, 0.29) is 0 Å². The van der Waals surface area contributed by atoms with Gasteiger partial charge < -0.3 is 0 Å². The Morgan fingerprint density at radius 2 is 0.161 bits per heavy atom. The number of fused-ring (bicyclic) bond motifs is 25. The lowest BCUT2D eigenvalue weighted by molar-refractivity contribution is 0.116. The van der Waals surface area contributed by atoms with Crippen LogP contribution in [0.4, 0.5) is 0 Å². The van der Waals surface area contributed by atoms with Crippen LogP contribution in [0.25, 0.3) is 0 Å². The summed E-state index contributed by atoms with van der Waals surface area (Å²) in [7, 11) is 0. The highest BCUT2D eigenvalue weighted by Gasteiger charge is 2.34. The van der Waals surface area contributed by atoms with Gasteiger partial charge in [-0.2, -0.15) is 0 Å². The summed E-state index contributed by atoms with van der Waals surface area (Å²) in [6, 6.07) is 0. The van der Waals surface area contributed by atoms with Gasteiger partial charge in [0.15, 0.2) is 0 Å². The molecule has 0 spiro atoms. The van der Waals surface area contributed by atoms with Crippen molar-refractivity contribution in [1.29, 1.82) is 0 Å². The topological polar surface area (TPSA) is 0 Å². The molecule has 0 amide bonds. The van der Waals surface area contributed by atoms with Crippen LogP contribution in [0.5, 0.6) is 0 Å². The zero-order valence-corrected chi connectivity index (χ0v) is 58.9. The van der Waals surface area contributed by atoms with Gasteiger partial charge in [0.1, 0.15) is 0 Å². The molecule has 0 aromatic heterocycles. The molecule has 23 rings (SSSR count). The standard InChI is InChI=1S/3C10H18.3C9H16.2C8H14.2C7H12/c1-3-9-5-2-6-10(4-1)8-7-9;1-2-5-10-7-3-6-9(4-1)8-10;1-2-4-10-7-5-9(3-1)6-8-10;1-3-8-5-2-6-9(4-1)7-8;2*1-2-4-9-6-5-8(3-1)7-9;1-2-8-5-3-7(1)4-6-8;1-2-7-4-5-8(3-1)6-7;1-2-7-4-3-6(1)5-7;1-2-6-4-7(3-1)5-6/h3*9-10H,1-8H2;3*8-9H,1-7H2;2*7-8H,1-6H2;2*6-7H,1-5H2. The van der Waals surface area contributed by atoms with E-state index in [1.807, 2.05) is 0 Å². The molecular formula is C87H154. The Balaban J connectivity index is 0.000000100. The van der Waals surface area contributed by atoms with Gasteiger partial charge in [0.2, 0.25) is 0 Å². The molecule has 0 aromatic carbocycles. The molecule has 23 aliphatic carbocycles. The third kappa shape index (κ3) is 24.6. The van der Waals surface area contributed by atoms with Crippen LogP contribution in [0.2, 0.25) is 0 Å². The molecule has 0 aliphatic heterocycles. The van der Waals surface area contributed by atoms with Crippen molar-refractivity contribution >= 4 is 0 Å². The second-order valence-electron chi connectivity index (χ2n) is 37.2. The largest absolute Gasteiger partial charge is 0.0530 e. The molecule has 23 fully saturated rings. The van der Waals surface area contributed by atoms with Crippen molar-refractivity contribution in [2.45, 2.75) is 430 Å². The minimum absolute atomic E-state index is 1.13. The van der Waals surface area contributed by atoms with Gasteiger partial charge in [-0.25, -0.2) is 0 Å². The second kappa shape index (κ2) is 38.5. The van der Waals surface area contributed by atoms with E-state index in [9.17, 15) is 0 Å². The molecule has 20 bridgehead atoms. The fraction of sp³-hybridized carbons (Fsp3) is 1.00. The Morgan fingerprint density at radius 3 is 0.333 bits per heavy atom. The summed E-state index contributed by atoms with van der Waals surface area (Å²) in [6.45, 7) is 0. The van der Waals surface area contributed by atoms with Gasteiger partial charge in [-0.05, 0) is 170 Å². The first-order valence-electron chi connectivity index (χ1n) is 43.0. The van der Waals surface area contributed by atoms with Crippen molar-refractivity contribution < 1.29 is 0 Å². The van der Waals surface area contributed by atoms with E-state index in [2.05, 4.69) is 0 Å². The predicted molar refractivity (Wildman–Crippen MR) is 379 cm³/mol. The maximum Gasteiger partial charge on any atom is -0.0409 e. The van der Waals surface area contributed by atoms with Crippen LogP contribution in [-0.4, -0.2) is 0 Å². The Labute approximate surface area is 545 Å². The van der Waals surface area contributed by atoms with Crippen LogP contribution < -0.4 is 0 Å². The summed E-state index contributed by atoms with van der Waals surface area (Å²) in [5, 5.41) is 0. The summed E-state index contributed by atoms with van der Waals surface area (Å²) in [5.41, 5.74) is 0. The predicted octanol–water partition coefficient (Wildman–Crippen LogP) is 28.6. The molecule has 8 atom stereocenters. The van der Waals surface area contributed by atoms with Crippen LogP contribution in [0.3, 0.4) is 0 Å². The zero-order chi connectivity index (χ0) is 58.9. The van der Waals surface area contributed by atoms with Gasteiger partial charge in [-0.15, -0.1) is 0 Å². The van der Waals surface area contributed by atoms with Gasteiger partial charge in [0, 0.05) is 0 Å². The average Bonchev–Trinajstić information content (AvgIpc) is 4.41. The maximum atomic E-state index is 1.58. The number of hydrogen-bond acceptors (Lipinski definition) is 0. The molecule has 0 heterocycles. The fourth-order valence-electron chi connectivity index (χ4n) is 24.8. The second-order valence-corrected chi connectivity index (χ2v) is 37.2. The summed E-state index contributed by atoms with van der Waals surface area (Å²) in [6.07, 6.45) is 104. The Bertz CT molecular complexity index is 1530. The Hall–Kier alpha value is 0. The zero-order valence-electron chi connectivity index (χ0n) is 58.9. The van der Waals surface area contributed by atoms with Crippen molar-refractivity contribution in [3.05, 3.63) is 0 Å². The monoisotopic (exact) mass is 1200 g/mol. The molecule has 0 N–H and O–H groups in total. The third-order valence-electron chi connectivity index (χ3n) is 30.6. The van der Waals surface area contributed by atoms with Crippen molar-refractivity contribution in [3.8, 4) is 0 Å².